The Morgan fingerprint density at radius 2 is 2.00 bits per heavy atom. The van der Waals surface area contributed by atoms with Crippen LogP contribution < -0.4 is 0 Å². The van der Waals surface area contributed by atoms with E-state index in [9.17, 15) is 4.79 Å². The van der Waals surface area contributed by atoms with Crippen molar-refractivity contribution in [3.63, 3.8) is 0 Å². The van der Waals surface area contributed by atoms with E-state index in [2.05, 4.69) is 6.07 Å². The first-order chi connectivity index (χ1) is 12.1. The molecule has 0 amide bonds. The van der Waals surface area contributed by atoms with E-state index in [1.165, 1.54) is 11.8 Å². The molecule has 0 aliphatic heterocycles. The second kappa shape index (κ2) is 7.97. The lowest BCUT2D eigenvalue weighted by molar-refractivity contribution is 0.102. The van der Waals surface area contributed by atoms with Gasteiger partial charge in [0, 0.05) is 39.1 Å². The van der Waals surface area contributed by atoms with Crippen molar-refractivity contribution >= 4 is 51.6 Å². The topological polar surface area (TPSA) is 45.8 Å². The van der Waals surface area contributed by atoms with E-state index >= 15 is 0 Å². The molecule has 0 aliphatic rings. The minimum Gasteiger partial charge on any atom is -0.346 e. The Morgan fingerprint density at radius 1 is 1.20 bits per heavy atom. The number of benzene rings is 2. The van der Waals surface area contributed by atoms with Gasteiger partial charge in [0.2, 0.25) is 0 Å². The molecule has 1 aromatic heterocycles. The van der Waals surface area contributed by atoms with E-state index in [1.807, 2.05) is 35.0 Å². The quantitative estimate of drug-likeness (QED) is 0.393. The maximum atomic E-state index is 12.7. The van der Waals surface area contributed by atoms with Gasteiger partial charge in [-0.1, -0.05) is 41.4 Å². The molecular weight excluding hydrogens is 375 g/mol. The number of aryl methyl sites for hydroxylation is 1. The summed E-state index contributed by atoms with van der Waals surface area (Å²) in [4.78, 5) is 13.5. The minimum absolute atomic E-state index is 0.0212. The van der Waals surface area contributed by atoms with E-state index < -0.39 is 0 Å². The summed E-state index contributed by atoms with van der Waals surface area (Å²) < 4.78 is 1.96. The van der Waals surface area contributed by atoms with E-state index in [0.29, 0.717) is 28.6 Å². The molecule has 0 aliphatic carbocycles. The van der Waals surface area contributed by atoms with Gasteiger partial charge in [-0.15, -0.1) is 11.8 Å². The molecule has 0 radical (unpaired) electrons. The Bertz CT molecular complexity index is 975. The van der Waals surface area contributed by atoms with Crippen LogP contribution in [0.4, 0.5) is 0 Å². The van der Waals surface area contributed by atoms with E-state index in [1.54, 1.807) is 18.2 Å². The van der Waals surface area contributed by atoms with Gasteiger partial charge in [0.05, 0.1) is 23.3 Å². The van der Waals surface area contributed by atoms with Crippen LogP contribution in [0, 0.1) is 11.3 Å². The first-order valence-corrected chi connectivity index (χ1v) is 9.40. The molecule has 3 aromatic rings. The van der Waals surface area contributed by atoms with Crippen LogP contribution in [-0.4, -0.2) is 16.1 Å². The Labute approximate surface area is 160 Å². The third-order valence-corrected chi connectivity index (χ3v) is 5.54. The van der Waals surface area contributed by atoms with Gasteiger partial charge in [-0.05, 0) is 24.3 Å². The molecule has 1 heterocycles. The first kappa shape index (κ1) is 17.9. The van der Waals surface area contributed by atoms with Gasteiger partial charge in [0.1, 0.15) is 0 Å². The van der Waals surface area contributed by atoms with Crippen molar-refractivity contribution in [2.45, 2.75) is 17.9 Å². The molecule has 0 N–H and O–H groups in total. The van der Waals surface area contributed by atoms with Crippen molar-refractivity contribution in [2.24, 2.45) is 0 Å². The van der Waals surface area contributed by atoms with E-state index in [-0.39, 0.29) is 11.5 Å². The zero-order valence-electron chi connectivity index (χ0n) is 13.2. The smallest absolute Gasteiger partial charge is 0.175 e. The fourth-order valence-electron chi connectivity index (χ4n) is 2.63. The summed E-state index contributed by atoms with van der Waals surface area (Å²) >= 11 is 13.5. The summed E-state index contributed by atoms with van der Waals surface area (Å²) in [6.45, 7) is 0.567. The number of thioether (sulfide) groups is 1. The molecule has 2 aromatic carbocycles. The van der Waals surface area contributed by atoms with Crippen LogP contribution in [0.15, 0.2) is 53.6 Å². The number of para-hydroxylation sites is 1. The Kier molecular flexibility index (Phi) is 5.70. The zero-order valence-corrected chi connectivity index (χ0v) is 15.5. The number of nitriles is 1. The van der Waals surface area contributed by atoms with E-state index in [4.69, 9.17) is 28.5 Å². The Balaban J connectivity index is 1.85. The highest BCUT2D eigenvalue weighted by atomic mass is 35.5. The summed E-state index contributed by atoms with van der Waals surface area (Å²) in [5, 5.41) is 10.9. The normalized spacial score (nSPS) is 10.8. The number of hydrogen-bond donors (Lipinski definition) is 0. The number of ketones is 1. The average molecular weight is 389 g/mol. The fourth-order valence-corrected chi connectivity index (χ4v) is 4.01. The molecule has 0 saturated carbocycles. The van der Waals surface area contributed by atoms with Gasteiger partial charge in [-0.3, -0.25) is 4.79 Å². The standard InChI is InChI=1S/C19H14Cl2N2OS/c20-13-6-7-16(21)19(10-13)25-12-18(24)15-11-23(9-3-8-22)17-5-2-1-4-14(15)17/h1-2,4-7,10-11H,3,9,12H2. The summed E-state index contributed by atoms with van der Waals surface area (Å²) in [6, 6.07) is 15.1. The summed E-state index contributed by atoms with van der Waals surface area (Å²) in [5.41, 5.74) is 1.63. The third-order valence-electron chi connectivity index (χ3n) is 3.81. The van der Waals surface area contributed by atoms with Gasteiger partial charge in [0.25, 0.3) is 0 Å². The number of rotatable bonds is 6. The van der Waals surface area contributed by atoms with Gasteiger partial charge in [0.15, 0.2) is 5.78 Å². The van der Waals surface area contributed by atoms with Crippen LogP contribution in [0.3, 0.4) is 0 Å². The maximum Gasteiger partial charge on any atom is 0.175 e. The number of halogens is 2. The number of carbonyl (C=O) groups excluding carboxylic acids is 1. The van der Waals surface area contributed by atoms with Crippen LogP contribution in [-0.2, 0) is 6.54 Å². The van der Waals surface area contributed by atoms with Crippen molar-refractivity contribution in [1.82, 2.24) is 4.57 Å². The van der Waals surface area contributed by atoms with Crippen molar-refractivity contribution < 1.29 is 4.79 Å². The summed E-state index contributed by atoms with van der Waals surface area (Å²) in [7, 11) is 0. The lowest BCUT2D eigenvalue weighted by Crippen LogP contribution is -2.02. The predicted octanol–water partition coefficient (Wildman–Crippen LogP) is 5.84. The zero-order chi connectivity index (χ0) is 17.8. The van der Waals surface area contributed by atoms with Crippen LogP contribution in [0.5, 0.6) is 0 Å². The molecule has 0 saturated heterocycles. The molecule has 6 heteroatoms. The molecule has 0 unspecified atom stereocenters. The van der Waals surface area contributed by atoms with Crippen molar-refractivity contribution in [3.8, 4) is 6.07 Å². The monoisotopic (exact) mass is 388 g/mol. The number of Topliss-reactive ketones (excluding diaryl/α,β-unsaturated/α-hetero) is 1. The largest absolute Gasteiger partial charge is 0.346 e. The summed E-state index contributed by atoms with van der Waals surface area (Å²) in [5.74, 6) is 0.291. The lowest BCUT2D eigenvalue weighted by atomic mass is 10.1. The fraction of sp³-hybridized carbons (Fsp3) is 0.158. The van der Waals surface area contributed by atoms with Gasteiger partial charge >= 0.3 is 0 Å². The molecule has 0 spiro atoms. The highest BCUT2D eigenvalue weighted by Gasteiger charge is 2.15. The van der Waals surface area contributed by atoms with Crippen LogP contribution in [0.2, 0.25) is 10.0 Å². The molecule has 3 rings (SSSR count). The Hall–Kier alpha value is -1.93. The SMILES string of the molecule is N#CCCn1cc(C(=O)CSc2cc(Cl)ccc2Cl)c2ccccc21. The van der Waals surface area contributed by atoms with Crippen LogP contribution >= 0.6 is 35.0 Å². The molecule has 25 heavy (non-hydrogen) atoms. The van der Waals surface area contributed by atoms with Gasteiger partial charge in [-0.2, -0.15) is 5.26 Å². The number of nitrogens with zero attached hydrogens (tertiary/aromatic N) is 2. The molecule has 3 nitrogen and oxygen atoms in total. The number of fused-ring (bicyclic) bond motifs is 1. The number of hydrogen-bond acceptors (Lipinski definition) is 3. The van der Waals surface area contributed by atoms with E-state index in [0.717, 1.165) is 15.8 Å². The third kappa shape index (κ3) is 4.01. The second-order valence-corrected chi connectivity index (χ2v) is 7.31. The molecular formula is C19H14Cl2N2OS. The van der Waals surface area contributed by atoms with Crippen molar-refractivity contribution in [2.75, 3.05) is 5.75 Å². The minimum atomic E-state index is 0.0212. The molecule has 0 fully saturated rings. The van der Waals surface area contributed by atoms with Gasteiger partial charge < -0.3 is 4.57 Å². The van der Waals surface area contributed by atoms with Crippen molar-refractivity contribution in [1.29, 1.82) is 5.26 Å². The van der Waals surface area contributed by atoms with Crippen LogP contribution in [0.1, 0.15) is 16.8 Å². The van der Waals surface area contributed by atoms with Crippen molar-refractivity contribution in [3.05, 3.63) is 64.3 Å². The lowest BCUT2D eigenvalue weighted by Gasteiger charge is -2.04. The molecule has 0 bridgehead atoms. The molecule has 126 valence electrons. The Morgan fingerprint density at radius 3 is 2.80 bits per heavy atom. The average Bonchev–Trinajstić information content (AvgIpc) is 2.99. The second-order valence-electron chi connectivity index (χ2n) is 5.45. The molecule has 0 atom stereocenters. The highest BCUT2D eigenvalue weighted by Crippen LogP contribution is 2.31. The first-order valence-electron chi connectivity index (χ1n) is 7.66. The van der Waals surface area contributed by atoms with Gasteiger partial charge in [-0.25, -0.2) is 0 Å². The predicted molar refractivity (Wildman–Crippen MR) is 104 cm³/mol. The van der Waals surface area contributed by atoms with Crippen LogP contribution in [0.25, 0.3) is 10.9 Å². The number of carbonyl (C=O) groups is 1. The maximum absolute atomic E-state index is 12.7. The highest BCUT2D eigenvalue weighted by molar-refractivity contribution is 8.00. The number of aromatic nitrogens is 1. The summed E-state index contributed by atoms with van der Waals surface area (Å²) in [6.07, 6.45) is 2.24.